The van der Waals surface area contributed by atoms with Crippen molar-refractivity contribution in [2.75, 3.05) is 6.61 Å². The largest absolute Gasteiger partial charge is 0.377 e. The van der Waals surface area contributed by atoms with Crippen LogP contribution in [0.3, 0.4) is 0 Å². The molecule has 1 fully saturated rings. The summed E-state index contributed by atoms with van der Waals surface area (Å²) in [5.41, 5.74) is 5.77. The van der Waals surface area contributed by atoms with Crippen LogP contribution in [0, 0.1) is 0 Å². The molecule has 0 aromatic carbocycles. The van der Waals surface area contributed by atoms with Crippen molar-refractivity contribution in [3.05, 3.63) is 12.4 Å². The number of aromatic amines is 1. The zero-order valence-corrected chi connectivity index (χ0v) is 10.3. The van der Waals surface area contributed by atoms with Crippen LogP contribution in [-0.2, 0) is 14.8 Å². The van der Waals surface area contributed by atoms with Gasteiger partial charge in [0.25, 0.3) is 0 Å². The van der Waals surface area contributed by atoms with Gasteiger partial charge in [0.15, 0.2) is 0 Å². The van der Waals surface area contributed by atoms with E-state index in [9.17, 15) is 8.42 Å². The third-order valence-corrected chi connectivity index (χ3v) is 4.25. The molecule has 0 aliphatic heterocycles. The third-order valence-electron chi connectivity index (χ3n) is 2.82. The van der Waals surface area contributed by atoms with E-state index >= 15 is 0 Å². The van der Waals surface area contributed by atoms with Gasteiger partial charge in [0.1, 0.15) is 4.90 Å². The predicted molar refractivity (Wildman–Crippen MR) is 60.7 cm³/mol. The van der Waals surface area contributed by atoms with Gasteiger partial charge in [0.05, 0.1) is 18.3 Å². The number of H-pyrrole nitrogens is 1. The number of nitrogens with one attached hydrogen (secondary N) is 2. The minimum atomic E-state index is -3.56. The summed E-state index contributed by atoms with van der Waals surface area (Å²) in [6, 6.07) is -0.567. The van der Waals surface area contributed by atoms with Crippen molar-refractivity contribution < 1.29 is 13.2 Å². The number of hydrogen-bond acceptors (Lipinski definition) is 5. The fourth-order valence-electron chi connectivity index (χ4n) is 1.82. The van der Waals surface area contributed by atoms with E-state index in [1.807, 2.05) is 6.92 Å². The SMILES string of the molecule is CCOC1CC(N)C1NS(=O)(=O)c1cn[nH]c1. The van der Waals surface area contributed by atoms with E-state index in [-0.39, 0.29) is 23.1 Å². The molecule has 1 saturated carbocycles. The zero-order chi connectivity index (χ0) is 12.5. The topological polar surface area (TPSA) is 110 Å². The smallest absolute Gasteiger partial charge is 0.244 e. The minimum Gasteiger partial charge on any atom is -0.377 e. The first-order chi connectivity index (χ1) is 8.04. The molecule has 7 nitrogen and oxygen atoms in total. The lowest BCUT2D eigenvalue weighted by Crippen LogP contribution is -2.64. The Morgan fingerprint density at radius 3 is 3.00 bits per heavy atom. The molecule has 1 aliphatic rings. The van der Waals surface area contributed by atoms with Gasteiger partial charge in [0.2, 0.25) is 10.0 Å². The van der Waals surface area contributed by atoms with E-state index in [1.54, 1.807) is 0 Å². The highest BCUT2D eigenvalue weighted by Crippen LogP contribution is 2.24. The first kappa shape index (κ1) is 12.5. The van der Waals surface area contributed by atoms with Crippen molar-refractivity contribution in [3.8, 4) is 0 Å². The van der Waals surface area contributed by atoms with Gasteiger partial charge in [-0.15, -0.1) is 0 Å². The van der Waals surface area contributed by atoms with E-state index in [0.29, 0.717) is 13.0 Å². The quantitative estimate of drug-likeness (QED) is 0.641. The third kappa shape index (κ3) is 2.49. The normalized spacial score (nSPS) is 28.9. The molecule has 17 heavy (non-hydrogen) atoms. The standard InChI is InChI=1S/C9H16N4O3S/c1-2-16-8-3-7(10)9(8)13-17(14,15)6-4-11-12-5-6/h4-5,7-9,13H,2-3,10H2,1H3,(H,11,12). The molecule has 0 radical (unpaired) electrons. The summed E-state index contributed by atoms with van der Waals surface area (Å²) >= 11 is 0. The van der Waals surface area contributed by atoms with Gasteiger partial charge < -0.3 is 10.5 Å². The van der Waals surface area contributed by atoms with E-state index in [4.69, 9.17) is 10.5 Å². The van der Waals surface area contributed by atoms with Crippen LogP contribution >= 0.6 is 0 Å². The van der Waals surface area contributed by atoms with Crippen molar-refractivity contribution in [2.24, 2.45) is 5.73 Å². The second-order valence-electron chi connectivity index (χ2n) is 3.97. The summed E-state index contributed by atoms with van der Waals surface area (Å²) in [5, 5.41) is 6.07. The number of nitrogens with two attached hydrogens (primary N) is 1. The van der Waals surface area contributed by atoms with Crippen LogP contribution in [0.15, 0.2) is 17.3 Å². The van der Waals surface area contributed by atoms with Crippen molar-refractivity contribution >= 4 is 10.0 Å². The van der Waals surface area contributed by atoms with Crippen molar-refractivity contribution in [1.82, 2.24) is 14.9 Å². The molecule has 96 valence electrons. The molecule has 0 spiro atoms. The molecule has 2 rings (SSSR count). The summed E-state index contributed by atoms with van der Waals surface area (Å²) in [5.74, 6) is 0. The molecule has 0 saturated heterocycles. The lowest BCUT2D eigenvalue weighted by molar-refractivity contribution is -0.0248. The number of hydrogen-bond donors (Lipinski definition) is 3. The monoisotopic (exact) mass is 260 g/mol. The van der Waals surface area contributed by atoms with Gasteiger partial charge in [-0.3, -0.25) is 5.10 Å². The maximum absolute atomic E-state index is 11.9. The fraction of sp³-hybridized carbons (Fsp3) is 0.667. The van der Waals surface area contributed by atoms with Crippen molar-refractivity contribution in [3.63, 3.8) is 0 Å². The van der Waals surface area contributed by atoms with Gasteiger partial charge in [-0.25, -0.2) is 13.1 Å². The van der Waals surface area contributed by atoms with Crippen LogP contribution in [0.5, 0.6) is 0 Å². The number of nitrogens with zero attached hydrogens (tertiary/aromatic N) is 1. The lowest BCUT2D eigenvalue weighted by atomic mass is 9.84. The minimum absolute atomic E-state index is 0.104. The van der Waals surface area contributed by atoms with Gasteiger partial charge in [-0.1, -0.05) is 0 Å². The Labute approximate surface area is 99.8 Å². The number of sulfonamides is 1. The van der Waals surface area contributed by atoms with E-state index in [2.05, 4.69) is 14.9 Å². The molecule has 1 aliphatic carbocycles. The second kappa shape index (κ2) is 4.73. The maximum Gasteiger partial charge on any atom is 0.244 e. The highest BCUT2D eigenvalue weighted by Gasteiger charge is 2.42. The van der Waals surface area contributed by atoms with Crippen LogP contribution in [0.1, 0.15) is 13.3 Å². The van der Waals surface area contributed by atoms with Crippen molar-refractivity contribution in [2.45, 2.75) is 36.4 Å². The molecular weight excluding hydrogens is 244 g/mol. The van der Waals surface area contributed by atoms with E-state index in [1.165, 1.54) is 12.4 Å². The van der Waals surface area contributed by atoms with Crippen LogP contribution in [0.2, 0.25) is 0 Å². The maximum atomic E-state index is 11.9. The Balaban J connectivity index is 2.05. The van der Waals surface area contributed by atoms with Crippen LogP contribution < -0.4 is 10.5 Å². The molecule has 1 aromatic heterocycles. The van der Waals surface area contributed by atoms with Gasteiger partial charge in [0, 0.05) is 18.8 Å². The van der Waals surface area contributed by atoms with Gasteiger partial charge in [-0.05, 0) is 13.3 Å². The van der Waals surface area contributed by atoms with Crippen LogP contribution in [0.25, 0.3) is 0 Å². The van der Waals surface area contributed by atoms with E-state index in [0.717, 1.165) is 0 Å². The molecule has 3 unspecified atom stereocenters. The summed E-state index contributed by atoms with van der Waals surface area (Å²) in [4.78, 5) is 0.104. The fourth-order valence-corrected chi connectivity index (χ4v) is 3.04. The first-order valence-corrected chi connectivity index (χ1v) is 6.91. The zero-order valence-electron chi connectivity index (χ0n) is 9.46. The van der Waals surface area contributed by atoms with E-state index < -0.39 is 10.0 Å². The summed E-state index contributed by atoms with van der Waals surface area (Å²) in [7, 11) is -3.56. The Kier molecular flexibility index (Phi) is 3.48. The highest BCUT2D eigenvalue weighted by atomic mass is 32.2. The summed E-state index contributed by atoms with van der Waals surface area (Å²) < 4.78 is 31.8. The van der Waals surface area contributed by atoms with Gasteiger partial charge >= 0.3 is 0 Å². The molecule has 0 amide bonds. The number of rotatable bonds is 5. The van der Waals surface area contributed by atoms with Crippen LogP contribution in [-0.4, -0.2) is 43.4 Å². The first-order valence-electron chi connectivity index (χ1n) is 5.43. The number of ether oxygens (including phenoxy) is 1. The Morgan fingerprint density at radius 1 is 1.71 bits per heavy atom. The molecule has 4 N–H and O–H groups in total. The molecule has 1 aromatic rings. The average molecular weight is 260 g/mol. The molecule has 1 heterocycles. The predicted octanol–water partition coefficient (Wildman–Crippen LogP) is -0.807. The molecule has 3 atom stereocenters. The lowest BCUT2D eigenvalue weighted by Gasteiger charge is -2.41. The summed E-state index contributed by atoms with van der Waals surface area (Å²) in [6.45, 7) is 2.41. The summed E-state index contributed by atoms with van der Waals surface area (Å²) in [6.07, 6.45) is 3.10. The highest BCUT2D eigenvalue weighted by molar-refractivity contribution is 7.89. The molecule has 0 bridgehead atoms. The molecule has 8 heteroatoms. The van der Waals surface area contributed by atoms with Crippen LogP contribution in [0.4, 0.5) is 0 Å². The number of aromatic nitrogens is 2. The Bertz CT molecular complexity index is 457. The van der Waals surface area contributed by atoms with Gasteiger partial charge in [-0.2, -0.15) is 5.10 Å². The van der Waals surface area contributed by atoms with Crippen molar-refractivity contribution in [1.29, 1.82) is 0 Å². The Morgan fingerprint density at radius 2 is 2.47 bits per heavy atom. The average Bonchev–Trinajstić information content (AvgIpc) is 2.80. The Hall–Kier alpha value is -0.960. The second-order valence-corrected chi connectivity index (χ2v) is 5.69. The molecular formula is C9H16N4O3S.